The normalized spacial score (nSPS) is 14.6. The van der Waals surface area contributed by atoms with Crippen molar-refractivity contribution in [3.05, 3.63) is 17.1 Å². The molecule has 20 heavy (non-hydrogen) atoms. The fourth-order valence-electron chi connectivity index (χ4n) is 2.22. The van der Waals surface area contributed by atoms with Gasteiger partial charge in [-0.3, -0.25) is 4.79 Å². The molecule has 1 fully saturated rings. The highest BCUT2D eigenvalue weighted by atomic mass is 32.2. The summed E-state index contributed by atoms with van der Waals surface area (Å²) in [5.74, 6) is -0.282. The van der Waals surface area contributed by atoms with E-state index in [-0.39, 0.29) is 17.2 Å². The van der Waals surface area contributed by atoms with Crippen molar-refractivity contribution in [3.8, 4) is 0 Å². The van der Waals surface area contributed by atoms with Crippen LogP contribution >= 0.6 is 11.8 Å². The summed E-state index contributed by atoms with van der Waals surface area (Å²) in [5, 5.41) is 9.60. The summed E-state index contributed by atoms with van der Waals surface area (Å²) in [6, 6.07) is 0. The van der Waals surface area contributed by atoms with E-state index < -0.39 is 5.97 Å². The van der Waals surface area contributed by atoms with Crippen LogP contribution in [0.25, 0.3) is 0 Å². The lowest BCUT2D eigenvalue weighted by Crippen LogP contribution is -2.29. The molecule has 1 aromatic rings. The Morgan fingerprint density at radius 1 is 1.25 bits per heavy atom. The lowest BCUT2D eigenvalue weighted by Gasteiger charge is -2.15. The number of aromatic carboxylic acids is 1. The van der Waals surface area contributed by atoms with Crippen LogP contribution in [0.2, 0.25) is 0 Å². The molecule has 0 saturated carbocycles. The number of thioether (sulfide) groups is 1. The number of carboxylic acid groups (broad SMARTS) is 1. The summed E-state index contributed by atoms with van der Waals surface area (Å²) in [6.45, 7) is 4.95. The van der Waals surface area contributed by atoms with Gasteiger partial charge in [-0.2, -0.15) is 0 Å². The highest BCUT2D eigenvalue weighted by molar-refractivity contribution is 8.00. The molecule has 0 radical (unpaired) electrons. The Morgan fingerprint density at radius 2 is 1.90 bits per heavy atom. The van der Waals surface area contributed by atoms with Gasteiger partial charge in [0.25, 0.3) is 0 Å². The Morgan fingerprint density at radius 3 is 2.50 bits per heavy atom. The Kier molecular flexibility index (Phi) is 4.59. The van der Waals surface area contributed by atoms with Crippen LogP contribution in [0.15, 0.2) is 5.03 Å². The molecule has 1 saturated heterocycles. The predicted molar refractivity (Wildman–Crippen MR) is 75.0 cm³/mol. The lowest BCUT2D eigenvalue weighted by molar-refractivity contribution is -0.127. The molecule has 1 aromatic heterocycles. The third-order valence-electron chi connectivity index (χ3n) is 3.17. The quantitative estimate of drug-likeness (QED) is 0.669. The first-order chi connectivity index (χ1) is 9.49. The van der Waals surface area contributed by atoms with Crippen LogP contribution in [0, 0.1) is 13.8 Å². The Balaban J connectivity index is 2.12. The van der Waals surface area contributed by atoms with Crippen LogP contribution in [-0.4, -0.2) is 50.7 Å². The molecule has 0 atom stereocenters. The summed E-state index contributed by atoms with van der Waals surface area (Å²) in [4.78, 5) is 33.3. The summed E-state index contributed by atoms with van der Waals surface area (Å²) < 4.78 is 0. The van der Waals surface area contributed by atoms with Gasteiger partial charge in [0, 0.05) is 13.1 Å². The summed E-state index contributed by atoms with van der Waals surface area (Å²) >= 11 is 1.18. The fourth-order valence-corrected chi connectivity index (χ4v) is 3.24. The van der Waals surface area contributed by atoms with Gasteiger partial charge in [0.2, 0.25) is 5.91 Å². The minimum Gasteiger partial charge on any atom is -0.478 e. The van der Waals surface area contributed by atoms with E-state index in [0.29, 0.717) is 16.5 Å². The predicted octanol–water partition coefficient (Wildman–Crippen LogP) is 1.51. The zero-order valence-corrected chi connectivity index (χ0v) is 12.4. The average Bonchev–Trinajstić information content (AvgIpc) is 2.88. The second-order valence-corrected chi connectivity index (χ2v) is 5.68. The van der Waals surface area contributed by atoms with Gasteiger partial charge in [0.15, 0.2) is 0 Å². The highest BCUT2D eigenvalue weighted by Gasteiger charge is 2.21. The number of nitrogens with zero attached hydrogens (tertiary/aromatic N) is 3. The number of aryl methyl sites for hydroxylation is 2. The topological polar surface area (TPSA) is 83.4 Å². The maximum absolute atomic E-state index is 12.0. The van der Waals surface area contributed by atoms with E-state index in [9.17, 15) is 14.7 Å². The zero-order valence-electron chi connectivity index (χ0n) is 11.5. The molecule has 0 aliphatic carbocycles. The number of rotatable bonds is 4. The molecule has 1 aliphatic heterocycles. The molecule has 1 N–H and O–H groups in total. The van der Waals surface area contributed by atoms with E-state index in [1.54, 1.807) is 13.8 Å². The van der Waals surface area contributed by atoms with Crippen LogP contribution in [0.5, 0.6) is 0 Å². The van der Waals surface area contributed by atoms with Crippen molar-refractivity contribution in [3.63, 3.8) is 0 Å². The molecule has 1 amide bonds. The van der Waals surface area contributed by atoms with Crippen molar-refractivity contribution in [2.45, 2.75) is 31.7 Å². The van der Waals surface area contributed by atoms with Crippen LogP contribution in [0.3, 0.4) is 0 Å². The third-order valence-corrected chi connectivity index (χ3v) is 4.13. The van der Waals surface area contributed by atoms with Crippen LogP contribution in [0.1, 0.15) is 34.7 Å². The van der Waals surface area contributed by atoms with Gasteiger partial charge in [0.05, 0.1) is 11.4 Å². The Hall–Kier alpha value is -1.63. The van der Waals surface area contributed by atoms with E-state index in [4.69, 9.17) is 0 Å². The maximum atomic E-state index is 12.0. The fraction of sp³-hybridized carbons (Fsp3) is 0.538. The second-order valence-electron chi connectivity index (χ2n) is 4.72. The maximum Gasteiger partial charge on any atom is 0.340 e. The first-order valence-corrected chi connectivity index (χ1v) is 7.46. The lowest BCUT2D eigenvalue weighted by atomic mass is 10.2. The average molecular weight is 295 g/mol. The van der Waals surface area contributed by atoms with E-state index in [1.807, 2.05) is 4.90 Å². The number of hydrogen-bond acceptors (Lipinski definition) is 5. The molecule has 1 aliphatic rings. The number of likely N-dealkylation sites (tertiary alicyclic amines) is 1. The second kappa shape index (κ2) is 6.21. The monoisotopic (exact) mass is 295 g/mol. The molecular formula is C13H17N3O3S. The largest absolute Gasteiger partial charge is 0.478 e. The summed E-state index contributed by atoms with van der Waals surface area (Å²) in [5.41, 5.74) is 0.524. The standard InChI is InChI=1S/C13H17N3O3S/c1-8-11(13(18)19)12(15-9(2)14-8)20-7-10(17)16-5-3-4-6-16/h3-7H2,1-2H3,(H,18,19). The van der Waals surface area contributed by atoms with Crippen molar-refractivity contribution in [2.24, 2.45) is 0 Å². The molecule has 0 bridgehead atoms. The smallest absolute Gasteiger partial charge is 0.340 e. The molecule has 7 heteroatoms. The van der Waals surface area contributed by atoms with Crippen LogP contribution < -0.4 is 0 Å². The molecule has 108 valence electrons. The molecule has 0 aromatic carbocycles. The first-order valence-electron chi connectivity index (χ1n) is 6.48. The molecular weight excluding hydrogens is 278 g/mol. The van der Waals surface area contributed by atoms with E-state index in [0.717, 1.165) is 25.9 Å². The number of hydrogen-bond donors (Lipinski definition) is 1. The highest BCUT2D eigenvalue weighted by Crippen LogP contribution is 2.23. The van der Waals surface area contributed by atoms with Gasteiger partial charge in [-0.1, -0.05) is 11.8 Å². The number of carboxylic acids is 1. The third kappa shape index (κ3) is 3.27. The number of aromatic nitrogens is 2. The number of amides is 1. The van der Waals surface area contributed by atoms with E-state index >= 15 is 0 Å². The van der Waals surface area contributed by atoms with Crippen LogP contribution in [-0.2, 0) is 4.79 Å². The molecule has 0 unspecified atom stereocenters. The van der Waals surface area contributed by atoms with Gasteiger partial charge in [-0.05, 0) is 26.7 Å². The van der Waals surface area contributed by atoms with Crippen molar-refractivity contribution >= 4 is 23.6 Å². The van der Waals surface area contributed by atoms with Gasteiger partial charge in [-0.15, -0.1) is 0 Å². The van der Waals surface area contributed by atoms with E-state index in [1.165, 1.54) is 11.8 Å². The van der Waals surface area contributed by atoms with Gasteiger partial charge in [-0.25, -0.2) is 14.8 Å². The zero-order chi connectivity index (χ0) is 14.7. The van der Waals surface area contributed by atoms with Gasteiger partial charge < -0.3 is 10.0 Å². The molecule has 0 spiro atoms. The summed E-state index contributed by atoms with van der Waals surface area (Å²) in [6.07, 6.45) is 2.09. The molecule has 2 rings (SSSR count). The number of carbonyl (C=O) groups excluding carboxylic acids is 1. The van der Waals surface area contributed by atoms with Crippen molar-refractivity contribution < 1.29 is 14.7 Å². The Bertz CT molecular complexity index is 542. The first kappa shape index (κ1) is 14.8. The number of carbonyl (C=O) groups is 2. The Labute approximate surface area is 121 Å². The van der Waals surface area contributed by atoms with E-state index in [2.05, 4.69) is 9.97 Å². The molecule has 2 heterocycles. The summed E-state index contributed by atoms with van der Waals surface area (Å²) in [7, 11) is 0. The SMILES string of the molecule is Cc1nc(C)c(C(=O)O)c(SCC(=O)N2CCCC2)n1. The van der Waals surface area contributed by atoms with Gasteiger partial charge >= 0.3 is 5.97 Å². The minimum atomic E-state index is -1.06. The van der Waals surface area contributed by atoms with Crippen molar-refractivity contribution in [1.29, 1.82) is 0 Å². The van der Waals surface area contributed by atoms with Crippen molar-refractivity contribution in [2.75, 3.05) is 18.8 Å². The van der Waals surface area contributed by atoms with Crippen molar-refractivity contribution in [1.82, 2.24) is 14.9 Å². The van der Waals surface area contributed by atoms with Gasteiger partial charge in [0.1, 0.15) is 16.4 Å². The van der Waals surface area contributed by atoms with Crippen LogP contribution in [0.4, 0.5) is 0 Å². The minimum absolute atomic E-state index is 0.0396. The molecule has 6 nitrogen and oxygen atoms in total.